The average Bonchev–Trinajstić information content (AvgIpc) is 3.06. The molecule has 0 radical (unpaired) electrons. The summed E-state index contributed by atoms with van der Waals surface area (Å²) in [5.41, 5.74) is 1.29. The van der Waals surface area contributed by atoms with E-state index in [0.717, 1.165) is 6.08 Å². The number of nitrogens with zero attached hydrogens (tertiary/aromatic N) is 2. The first-order valence-corrected chi connectivity index (χ1v) is 6.14. The molecule has 108 valence electrons. The summed E-state index contributed by atoms with van der Waals surface area (Å²) in [4.78, 5) is 23.4. The van der Waals surface area contributed by atoms with Gasteiger partial charge in [0.2, 0.25) is 0 Å². The van der Waals surface area contributed by atoms with Gasteiger partial charge in [0.1, 0.15) is 0 Å². The van der Waals surface area contributed by atoms with E-state index in [0.29, 0.717) is 11.3 Å². The molecule has 0 amide bonds. The molecule has 0 N–H and O–H groups in total. The molecule has 6 nitrogen and oxygen atoms in total. The highest BCUT2D eigenvalue weighted by Crippen LogP contribution is 2.23. The minimum Gasteiger partial charge on any atom is -0.466 e. The van der Waals surface area contributed by atoms with E-state index in [1.165, 1.54) is 14.2 Å². The van der Waals surface area contributed by atoms with Crippen LogP contribution in [-0.4, -0.2) is 35.9 Å². The Bertz CT molecular complexity index is 675. The number of hydrogen-bond donors (Lipinski definition) is 0. The van der Waals surface area contributed by atoms with E-state index in [9.17, 15) is 9.59 Å². The molecule has 1 heterocycles. The molecule has 1 aromatic carbocycles. The fourth-order valence-electron chi connectivity index (χ4n) is 1.85. The molecule has 0 saturated carbocycles. The van der Waals surface area contributed by atoms with Crippen molar-refractivity contribution >= 4 is 17.5 Å². The topological polar surface area (TPSA) is 70.4 Å². The van der Waals surface area contributed by atoms with Crippen LogP contribution in [0.2, 0.25) is 0 Å². The molecule has 2 aromatic rings. The van der Waals surface area contributed by atoms with Crippen molar-refractivity contribution in [3.05, 3.63) is 54.4 Å². The summed E-state index contributed by atoms with van der Waals surface area (Å²) in [5, 5.41) is 4.14. The predicted molar refractivity (Wildman–Crippen MR) is 75.6 cm³/mol. The predicted octanol–water partition coefficient (Wildman–Crippen LogP) is 1.60. The number of methoxy groups -OCH3 is 2. The van der Waals surface area contributed by atoms with Gasteiger partial charge in [0.15, 0.2) is 0 Å². The van der Waals surface area contributed by atoms with Crippen molar-refractivity contribution in [3.63, 3.8) is 0 Å². The molecule has 0 aliphatic heterocycles. The maximum absolute atomic E-state index is 12.0. The lowest BCUT2D eigenvalue weighted by Gasteiger charge is -2.11. The van der Waals surface area contributed by atoms with Gasteiger partial charge >= 0.3 is 11.9 Å². The van der Waals surface area contributed by atoms with Crippen molar-refractivity contribution < 1.29 is 19.1 Å². The molecule has 0 unspecified atom stereocenters. The Balaban J connectivity index is 2.59. The van der Waals surface area contributed by atoms with E-state index in [1.54, 1.807) is 41.3 Å². The second kappa shape index (κ2) is 6.51. The number of ether oxygens (including phenoxy) is 2. The van der Waals surface area contributed by atoms with E-state index in [-0.39, 0.29) is 5.57 Å². The second-order valence-corrected chi connectivity index (χ2v) is 4.04. The van der Waals surface area contributed by atoms with Crippen LogP contribution in [-0.2, 0) is 19.1 Å². The van der Waals surface area contributed by atoms with Crippen LogP contribution in [0.25, 0.3) is 11.3 Å². The molecule has 2 rings (SSSR count). The van der Waals surface area contributed by atoms with Crippen molar-refractivity contribution in [2.45, 2.75) is 0 Å². The molecule has 21 heavy (non-hydrogen) atoms. The van der Waals surface area contributed by atoms with E-state index < -0.39 is 11.9 Å². The maximum Gasteiger partial charge on any atom is 0.338 e. The Kier molecular flexibility index (Phi) is 4.50. The Labute approximate surface area is 121 Å². The fraction of sp³-hybridized carbons (Fsp3) is 0.133. The van der Waals surface area contributed by atoms with Crippen molar-refractivity contribution in [3.8, 4) is 5.69 Å². The summed E-state index contributed by atoms with van der Waals surface area (Å²) < 4.78 is 10.9. The standard InChI is InChI=1S/C15H14N2O4/c1-20-14(18)10-12(15(19)21-2)11-6-3-4-7-13(11)17-9-5-8-16-17/h3-10H,1-2H3/b12-10-. The van der Waals surface area contributed by atoms with E-state index in [2.05, 4.69) is 9.84 Å². The average molecular weight is 286 g/mol. The molecular formula is C15H14N2O4. The largest absolute Gasteiger partial charge is 0.466 e. The summed E-state index contributed by atoms with van der Waals surface area (Å²) >= 11 is 0. The van der Waals surface area contributed by atoms with E-state index in [4.69, 9.17) is 4.74 Å². The molecular weight excluding hydrogens is 272 g/mol. The zero-order valence-electron chi connectivity index (χ0n) is 11.6. The first kappa shape index (κ1) is 14.5. The Morgan fingerprint density at radius 2 is 1.90 bits per heavy atom. The first-order valence-electron chi connectivity index (χ1n) is 6.14. The Morgan fingerprint density at radius 1 is 1.14 bits per heavy atom. The molecule has 0 aliphatic carbocycles. The van der Waals surface area contributed by atoms with Crippen LogP contribution in [0.5, 0.6) is 0 Å². The normalized spacial score (nSPS) is 11.0. The number of rotatable bonds is 4. The van der Waals surface area contributed by atoms with Gasteiger partial charge in [-0.3, -0.25) is 0 Å². The SMILES string of the molecule is COC(=O)/C=C(\C(=O)OC)c1ccccc1-n1cccn1. The van der Waals surface area contributed by atoms with Gasteiger partial charge in [0.25, 0.3) is 0 Å². The third kappa shape index (κ3) is 3.17. The van der Waals surface area contributed by atoms with Crippen LogP contribution < -0.4 is 0 Å². The van der Waals surface area contributed by atoms with Gasteiger partial charge in [0, 0.05) is 24.0 Å². The summed E-state index contributed by atoms with van der Waals surface area (Å²) in [5.74, 6) is -1.26. The number of carbonyl (C=O) groups is 2. The summed E-state index contributed by atoms with van der Waals surface area (Å²) in [6.45, 7) is 0. The Hall–Kier alpha value is -2.89. The number of benzene rings is 1. The van der Waals surface area contributed by atoms with Gasteiger partial charge < -0.3 is 9.47 Å². The zero-order valence-corrected chi connectivity index (χ0v) is 11.6. The summed E-state index contributed by atoms with van der Waals surface area (Å²) in [6.07, 6.45) is 4.47. The third-order valence-electron chi connectivity index (χ3n) is 2.81. The smallest absolute Gasteiger partial charge is 0.338 e. The summed E-state index contributed by atoms with van der Waals surface area (Å²) in [6, 6.07) is 8.83. The zero-order chi connectivity index (χ0) is 15.2. The molecule has 0 aliphatic rings. The molecule has 0 fully saturated rings. The number of para-hydroxylation sites is 1. The molecule has 6 heteroatoms. The number of aromatic nitrogens is 2. The van der Waals surface area contributed by atoms with Crippen LogP contribution in [0, 0.1) is 0 Å². The van der Waals surface area contributed by atoms with Crippen molar-refractivity contribution in [1.29, 1.82) is 0 Å². The van der Waals surface area contributed by atoms with Crippen LogP contribution in [0.3, 0.4) is 0 Å². The first-order chi connectivity index (χ1) is 10.2. The van der Waals surface area contributed by atoms with Gasteiger partial charge in [-0.25, -0.2) is 14.3 Å². The lowest BCUT2D eigenvalue weighted by Crippen LogP contribution is -2.10. The second-order valence-electron chi connectivity index (χ2n) is 4.04. The number of hydrogen-bond acceptors (Lipinski definition) is 5. The highest BCUT2D eigenvalue weighted by molar-refractivity contribution is 6.21. The molecule has 0 bridgehead atoms. The lowest BCUT2D eigenvalue weighted by molar-refractivity contribution is -0.136. The minimum atomic E-state index is -0.634. The lowest BCUT2D eigenvalue weighted by atomic mass is 10.0. The van der Waals surface area contributed by atoms with Gasteiger partial charge in [-0.1, -0.05) is 18.2 Å². The van der Waals surface area contributed by atoms with Crippen LogP contribution in [0.1, 0.15) is 5.56 Å². The van der Waals surface area contributed by atoms with Crippen LogP contribution in [0.15, 0.2) is 48.8 Å². The van der Waals surface area contributed by atoms with E-state index >= 15 is 0 Å². The van der Waals surface area contributed by atoms with Crippen molar-refractivity contribution in [2.24, 2.45) is 0 Å². The third-order valence-corrected chi connectivity index (χ3v) is 2.81. The van der Waals surface area contributed by atoms with Crippen molar-refractivity contribution in [2.75, 3.05) is 14.2 Å². The van der Waals surface area contributed by atoms with Gasteiger partial charge in [-0.2, -0.15) is 5.10 Å². The van der Waals surface area contributed by atoms with Crippen LogP contribution >= 0.6 is 0 Å². The fourth-order valence-corrected chi connectivity index (χ4v) is 1.85. The minimum absolute atomic E-state index is 0.107. The van der Waals surface area contributed by atoms with E-state index in [1.807, 2.05) is 6.07 Å². The number of carbonyl (C=O) groups excluding carboxylic acids is 2. The Morgan fingerprint density at radius 3 is 2.52 bits per heavy atom. The van der Waals surface area contributed by atoms with Crippen molar-refractivity contribution in [1.82, 2.24) is 9.78 Å². The number of esters is 2. The van der Waals surface area contributed by atoms with Gasteiger partial charge in [-0.05, 0) is 12.1 Å². The maximum atomic E-state index is 12.0. The molecule has 0 spiro atoms. The molecule has 0 atom stereocenters. The van der Waals surface area contributed by atoms with Crippen LogP contribution in [0.4, 0.5) is 0 Å². The molecule has 0 saturated heterocycles. The monoisotopic (exact) mass is 286 g/mol. The van der Waals surface area contributed by atoms with Gasteiger partial charge in [-0.15, -0.1) is 0 Å². The quantitative estimate of drug-likeness (QED) is 0.630. The van der Waals surface area contributed by atoms with Gasteiger partial charge in [0.05, 0.1) is 25.5 Å². The molecule has 1 aromatic heterocycles. The summed E-state index contributed by atoms with van der Waals surface area (Å²) in [7, 11) is 2.50. The highest BCUT2D eigenvalue weighted by atomic mass is 16.5. The highest BCUT2D eigenvalue weighted by Gasteiger charge is 2.18.